The lowest BCUT2D eigenvalue weighted by atomic mass is 10.1. The second kappa shape index (κ2) is 8.90. The Morgan fingerprint density at radius 1 is 1.09 bits per heavy atom. The number of nitrogens with zero attached hydrogens (tertiary/aromatic N) is 3. The lowest BCUT2D eigenvalue weighted by Crippen LogP contribution is -2.32. The molecule has 0 radical (unpaired) electrons. The van der Waals surface area contributed by atoms with E-state index < -0.39 is 0 Å². The van der Waals surface area contributed by atoms with Crippen molar-refractivity contribution in [3.63, 3.8) is 0 Å². The van der Waals surface area contributed by atoms with Crippen LogP contribution in [0.3, 0.4) is 0 Å². The van der Waals surface area contributed by atoms with Crippen LogP contribution in [0.1, 0.15) is 34.3 Å². The van der Waals surface area contributed by atoms with Gasteiger partial charge in [-0.3, -0.25) is 9.59 Å². The predicted molar refractivity (Wildman–Crippen MR) is 129 cm³/mol. The van der Waals surface area contributed by atoms with Gasteiger partial charge in [0, 0.05) is 37.2 Å². The Balaban J connectivity index is 1.34. The maximum atomic E-state index is 13.2. The molecular weight excluding hydrogens is 432 g/mol. The van der Waals surface area contributed by atoms with Gasteiger partial charge in [-0.15, -0.1) is 0 Å². The SMILES string of the molecule is CN(C)C(=O)c1ccc(NCC(=O)N2N=C(c3cc4ccccc4o3)CC2c2ccco2)cc1. The number of fused-ring (bicyclic) bond motifs is 1. The molecule has 1 atom stereocenters. The normalized spacial score (nSPS) is 15.4. The van der Waals surface area contributed by atoms with E-state index in [4.69, 9.17) is 8.83 Å². The molecule has 1 aliphatic rings. The summed E-state index contributed by atoms with van der Waals surface area (Å²) in [6, 6.07) is 20.0. The highest BCUT2D eigenvalue weighted by atomic mass is 16.3. The van der Waals surface area contributed by atoms with Crippen LogP contribution in [0, 0.1) is 0 Å². The molecule has 8 heteroatoms. The van der Waals surface area contributed by atoms with Crippen LogP contribution in [0.2, 0.25) is 0 Å². The zero-order valence-electron chi connectivity index (χ0n) is 18.9. The molecule has 8 nitrogen and oxygen atoms in total. The third kappa shape index (κ3) is 4.17. The first-order valence-corrected chi connectivity index (χ1v) is 11.0. The van der Waals surface area contributed by atoms with Crippen LogP contribution in [0.15, 0.2) is 86.9 Å². The lowest BCUT2D eigenvalue weighted by Gasteiger charge is -2.20. The summed E-state index contributed by atoms with van der Waals surface area (Å²) in [5.41, 5.74) is 2.79. The van der Waals surface area contributed by atoms with Gasteiger partial charge in [-0.25, -0.2) is 5.01 Å². The maximum Gasteiger partial charge on any atom is 0.262 e. The number of hydrogen-bond donors (Lipinski definition) is 1. The zero-order valence-corrected chi connectivity index (χ0v) is 18.9. The number of hydrogen-bond acceptors (Lipinski definition) is 6. The summed E-state index contributed by atoms with van der Waals surface area (Å²) in [5, 5.41) is 10.2. The van der Waals surface area contributed by atoms with Crippen LogP contribution in [-0.4, -0.2) is 48.1 Å². The summed E-state index contributed by atoms with van der Waals surface area (Å²) in [4.78, 5) is 26.7. The molecule has 34 heavy (non-hydrogen) atoms. The van der Waals surface area contributed by atoms with Crippen molar-refractivity contribution in [1.29, 1.82) is 0 Å². The molecular formula is C26H24N4O4. The third-order valence-corrected chi connectivity index (χ3v) is 5.73. The number of rotatable bonds is 6. The minimum absolute atomic E-state index is 0.0368. The van der Waals surface area contributed by atoms with Crippen LogP contribution < -0.4 is 5.32 Å². The minimum atomic E-state index is -0.354. The largest absolute Gasteiger partial charge is 0.467 e. The average molecular weight is 457 g/mol. The van der Waals surface area contributed by atoms with Gasteiger partial charge in [0.25, 0.3) is 11.8 Å². The van der Waals surface area contributed by atoms with Crippen LogP contribution in [0.4, 0.5) is 5.69 Å². The fourth-order valence-corrected chi connectivity index (χ4v) is 3.96. The van der Waals surface area contributed by atoms with Crippen molar-refractivity contribution in [2.24, 2.45) is 5.10 Å². The van der Waals surface area contributed by atoms with Crippen LogP contribution in [0.5, 0.6) is 0 Å². The van der Waals surface area contributed by atoms with Gasteiger partial charge < -0.3 is 19.1 Å². The van der Waals surface area contributed by atoms with Gasteiger partial charge >= 0.3 is 0 Å². The first-order chi connectivity index (χ1) is 16.5. The van der Waals surface area contributed by atoms with E-state index in [1.54, 1.807) is 50.7 Å². The van der Waals surface area contributed by atoms with Crippen molar-refractivity contribution in [2.75, 3.05) is 26.0 Å². The van der Waals surface area contributed by atoms with E-state index in [1.807, 2.05) is 36.4 Å². The molecule has 0 saturated heterocycles. The molecule has 4 aromatic rings. The molecule has 2 amide bonds. The van der Waals surface area contributed by atoms with E-state index in [2.05, 4.69) is 10.4 Å². The molecule has 2 aromatic carbocycles. The maximum absolute atomic E-state index is 13.2. The average Bonchev–Trinajstić information content (AvgIpc) is 3.60. The number of benzene rings is 2. The Kier molecular flexibility index (Phi) is 5.63. The summed E-state index contributed by atoms with van der Waals surface area (Å²) in [6.45, 7) is 0.0368. The summed E-state index contributed by atoms with van der Waals surface area (Å²) >= 11 is 0. The highest BCUT2D eigenvalue weighted by Gasteiger charge is 2.35. The predicted octanol–water partition coefficient (Wildman–Crippen LogP) is 4.52. The van der Waals surface area contributed by atoms with Crippen LogP contribution in [-0.2, 0) is 4.79 Å². The van der Waals surface area contributed by atoms with E-state index in [0.717, 1.165) is 16.7 Å². The highest BCUT2D eigenvalue weighted by Crippen LogP contribution is 2.34. The van der Waals surface area contributed by atoms with Crippen molar-refractivity contribution in [3.8, 4) is 0 Å². The molecule has 0 spiro atoms. The second-order valence-electron chi connectivity index (χ2n) is 8.30. The van der Waals surface area contributed by atoms with E-state index in [1.165, 1.54) is 9.91 Å². The van der Waals surface area contributed by atoms with Crippen LogP contribution >= 0.6 is 0 Å². The molecule has 0 aliphatic carbocycles. The number of anilines is 1. The number of hydrazone groups is 1. The Bertz CT molecular complexity index is 1320. The Morgan fingerprint density at radius 2 is 1.88 bits per heavy atom. The van der Waals surface area contributed by atoms with E-state index >= 15 is 0 Å². The van der Waals surface area contributed by atoms with Crippen LogP contribution in [0.25, 0.3) is 11.0 Å². The monoisotopic (exact) mass is 456 g/mol. The third-order valence-electron chi connectivity index (χ3n) is 5.73. The number of nitrogens with one attached hydrogen (secondary N) is 1. The summed E-state index contributed by atoms with van der Waals surface area (Å²) in [6.07, 6.45) is 2.08. The summed E-state index contributed by atoms with van der Waals surface area (Å²) < 4.78 is 11.6. The molecule has 3 heterocycles. The molecule has 0 saturated carbocycles. The van der Waals surface area contributed by atoms with Gasteiger partial charge in [0.2, 0.25) is 0 Å². The molecule has 5 rings (SSSR count). The zero-order chi connectivity index (χ0) is 23.7. The standard InChI is InChI=1S/C26H24N4O4/c1-29(2)26(32)17-9-11-19(12-10-17)27-16-25(31)30-21(23-8-5-13-33-23)15-20(28-30)24-14-18-6-3-4-7-22(18)34-24/h3-14,21,27H,15-16H2,1-2H3. The molecule has 1 N–H and O–H groups in total. The fraction of sp³-hybridized carbons (Fsp3) is 0.192. The van der Waals surface area contributed by atoms with Crippen molar-refractivity contribution in [3.05, 3.63) is 90.1 Å². The van der Waals surface area contributed by atoms with E-state index in [9.17, 15) is 9.59 Å². The number of para-hydroxylation sites is 1. The van der Waals surface area contributed by atoms with E-state index in [-0.39, 0.29) is 24.4 Å². The quantitative estimate of drug-likeness (QED) is 0.461. The highest BCUT2D eigenvalue weighted by molar-refractivity contribution is 6.03. The Hall–Kier alpha value is -4.33. The summed E-state index contributed by atoms with van der Waals surface area (Å²) in [7, 11) is 3.41. The lowest BCUT2D eigenvalue weighted by molar-refractivity contribution is -0.131. The van der Waals surface area contributed by atoms with Crippen molar-refractivity contribution in [2.45, 2.75) is 12.5 Å². The van der Waals surface area contributed by atoms with Crippen molar-refractivity contribution < 1.29 is 18.4 Å². The number of carbonyl (C=O) groups excluding carboxylic acids is 2. The number of amides is 2. The number of furan rings is 2. The molecule has 0 fully saturated rings. The van der Waals surface area contributed by atoms with Gasteiger partial charge in [-0.2, -0.15) is 5.10 Å². The van der Waals surface area contributed by atoms with Gasteiger partial charge in [0.05, 0.1) is 12.8 Å². The van der Waals surface area contributed by atoms with Crippen molar-refractivity contribution in [1.82, 2.24) is 9.91 Å². The molecule has 172 valence electrons. The fourth-order valence-electron chi connectivity index (χ4n) is 3.96. The molecule has 0 bridgehead atoms. The van der Waals surface area contributed by atoms with Gasteiger partial charge in [0.15, 0.2) is 5.76 Å². The minimum Gasteiger partial charge on any atom is -0.467 e. The summed E-state index contributed by atoms with van der Waals surface area (Å²) in [5.74, 6) is 1.02. The molecule has 2 aromatic heterocycles. The van der Waals surface area contributed by atoms with Gasteiger partial charge in [0.1, 0.15) is 23.1 Å². The molecule has 1 unspecified atom stereocenters. The number of carbonyl (C=O) groups is 2. The van der Waals surface area contributed by atoms with Crippen molar-refractivity contribution >= 4 is 34.2 Å². The molecule has 1 aliphatic heterocycles. The first-order valence-electron chi connectivity index (χ1n) is 11.0. The Morgan fingerprint density at radius 3 is 2.59 bits per heavy atom. The van der Waals surface area contributed by atoms with Gasteiger partial charge in [-0.1, -0.05) is 18.2 Å². The Labute approximate surface area is 196 Å². The van der Waals surface area contributed by atoms with Gasteiger partial charge in [-0.05, 0) is 48.5 Å². The smallest absolute Gasteiger partial charge is 0.262 e. The topological polar surface area (TPSA) is 91.3 Å². The second-order valence-corrected chi connectivity index (χ2v) is 8.30. The van der Waals surface area contributed by atoms with E-state index in [0.29, 0.717) is 29.2 Å². The first kappa shape index (κ1) is 21.5.